The molecule has 2 nitrogen and oxygen atoms in total. The van der Waals surface area contributed by atoms with Crippen LogP contribution in [0.5, 0.6) is 0 Å². The van der Waals surface area contributed by atoms with Crippen LogP contribution in [0.2, 0.25) is 0 Å². The number of hydrogen-bond acceptors (Lipinski definition) is 1. The number of fused-ring (bicyclic) bond motifs is 2. The summed E-state index contributed by atoms with van der Waals surface area (Å²) in [5, 5.41) is 4.17. The lowest BCUT2D eigenvalue weighted by Gasteiger charge is -2.48. The number of nitrogens with one attached hydrogen (secondary N) is 1. The number of piperidine rings is 1. The van der Waals surface area contributed by atoms with Gasteiger partial charge in [0.05, 0.1) is 0 Å². The predicted molar refractivity (Wildman–Crippen MR) is 68.7 cm³/mol. The third-order valence-electron chi connectivity index (χ3n) is 4.74. The average molecular weight is 252 g/mol. The second-order valence-corrected chi connectivity index (χ2v) is 6.18. The van der Waals surface area contributed by atoms with E-state index in [4.69, 9.17) is 11.6 Å². The normalized spacial score (nSPS) is 36.9. The highest BCUT2D eigenvalue weighted by Gasteiger charge is 2.45. The van der Waals surface area contributed by atoms with Crippen LogP contribution < -0.4 is 5.32 Å². The van der Waals surface area contributed by atoms with Crippen LogP contribution >= 0.6 is 11.6 Å². The molecule has 1 heterocycles. The first kappa shape index (κ1) is 11.3. The van der Waals surface area contributed by atoms with E-state index in [2.05, 4.69) is 18.3 Å². The van der Waals surface area contributed by atoms with Crippen molar-refractivity contribution in [2.45, 2.75) is 51.5 Å². The van der Waals surface area contributed by atoms with Crippen LogP contribution in [0.4, 0.5) is 0 Å². The van der Waals surface area contributed by atoms with Crippen molar-refractivity contribution < 1.29 is 4.79 Å². The van der Waals surface area contributed by atoms with Gasteiger partial charge in [0.15, 0.2) is 0 Å². The Balaban J connectivity index is 1.95. The van der Waals surface area contributed by atoms with Crippen molar-refractivity contribution in [3.63, 3.8) is 0 Å². The van der Waals surface area contributed by atoms with E-state index < -0.39 is 0 Å². The van der Waals surface area contributed by atoms with Crippen molar-refractivity contribution in [2.24, 2.45) is 5.41 Å². The highest BCUT2D eigenvalue weighted by Crippen LogP contribution is 2.50. The lowest BCUT2D eigenvalue weighted by atomic mass is 9.61. The molecule has 2 atom stereocenters. The maximum atomic E-state index is 11.5. The lowest BCUT2D eigenvalue weighted by Crippen LogP contribution is -2.53. The van der Waals surface area contributed by atoms with Crippen molar-refractivity contribution >= 4 is 17.5 Å². The zero-order chi connectivity index (χ0) is 12.0. The highest BCUT2D eigenvalue weighted by molar-refractivity contribution is 6.29. The van der Waals surface area contributed by atoms with Crippen LogP contribution in [0.1, 0.15) is 45.4 Å². The fourth-order valence-electron chi connectivity index (χ4n) is 3.66. The second kappa shape index (κ2) is 3.88. The first-order valence-electron chi connectivity index (χ1n) is 6.45. The summed E-state index contributed by atoms with van der Waals surface area (Å²) in [6.45, 7) is 2.32. The van der Waals surface area contributed by atoms with Gasteiger partial charge in [0, 0.05) is 29.3 Å². The van der Waals surface area contributed by atoms with E-state index in [-0.39, 0.29) is 11.3 Å². The molecule has 3 heteroatoms. The predicted octanol–water partition coefficient (Wildman–Crippen LogP) is 3.28. The number of carbonyl (C=O) groups excluding carboxylic acids is 1. The number of allylic oxidation sites excluding steroid dienone is 3. The van der Waals surface area contributed by atoms with Crippen molar-refractivity contribution in [3.8, 4) is 0 Å². The minimum absolute atomic E-state index is 0.176. The zero-order valence-corrected chi connectivity index (χ0v) is 10.9. The first-order chi connectivity index (χ1) is 8.09. The summed E-state index contributed by atoms with van der Waals surface area (Å²) in [6, 6.07) is 0.341. The molecule has 1 saturated heterocycles. The smallest absolute Gasteiger partial charge is 0.220 e. The molecule has 92 valence electrons. The van der Waals surface area contributed by atoms with Gasteiger partial charge in [-0.1, -0.05) is 35.7 Å². The highest BCUT2D eigenvalue weighted by atomic mass is 35.5. The van der Waals surface area contributed by atoms with E-state index >= 15 is 0 Å². The van der Waals surface area contributed by atoms with Crippen molar-refractivity contribution in [1.29, 1.82) is 0 Å². The molecular formula is C14H18ClNO. The molecule has 17 heavy (non-hydrogen) atoms. The van der Waals surface area contributed by atoms with Gasteiger partial charge in [-0.3, -0.25) is 4.79 Å². The molecule has 3 rings (SSSR count). The van der Waals surface area contributed by atoms with Gasteiger partial charge in [-0.25, -0.2) is 0 Å². The van der Waals surface area contributed by atoms with Crippen LogP contribution in [0.3, 0.4) is 0 Å². The third-order valence-corrected chi connectivity index (χ3v) is 5.02. The monoisotopic (exact) mass is 251 g/mol. The molecule has 0 bridgehead atoms. The minimum Gasteiger partial charge on any atom is -0.352 e. The number of hydrogen-bond donors (Lipinski definition) is 1. The van der Waals surface area contributed by atoms with Crippen LogP contribution in [0.25, 0.3) is 0 Å². The Morgan fingerprint density at radius 1 is 1.47 bits per heavy atom. The topological polar surface area (TPSA) is 29.1 Å². The molecule has 1 aliphatic heterocycles. The van der Waals surface area contributed by atoms with Gasteiger partial charge < -0.3 is 5.32 Å². The van der Waals surface area contributed by atoms with Gasteiger partial charge >= 0.3 is 0 Å². The first-order valence-corrected chi connectivity index (χ1v) is 6.82. The van der Waals surface area contributed by atoms with E-state index in [1.807, 2.05) is 0 Å². The molecule has 0 unspecified atom stereocenters. The molecule has 2 aliphatic carbocycles. The quantitative estimate of drug-likeness (QED) is 0.658. The summed E-state index contributed by atoms with van der Waals surface area (Å²) in [5.41, 5.74) is 3.26. The Morgan fingerprint density at radius 3 is 3.12 bits per heavy atom. The molecule has 0 aromatic rings. The Hall–Kier alpha value is -0.760. The van der Waals surface area contributed by atoms with Gasteiger partial charge in [-0.15, -0.1) is 0 Å². The van der Waals surface area contributed by atoms with Gasteiger partial charge in [0.25, 0.3) is 0 Å². The second-order valence-electron chi connectivity index (χ2n) is 5.69. The molecular weight excluding hydrogens is 234 g/mol. The largest absolute Gasteiger partial charge is 0.352 e. The van der Waals surface area contributed by atoms with Gasteiger partial charge in [-0.2, -0.15) is 0 Å². The Kier molecular flexibility index (Phi) is 2.58. The molecule has 0 aromatic heterocycles. The van der Waals surface area contributed by atoms with Crippen molar-refractivity contribution in [2.75, 3.05) is 0 Å². The molecule has 1 N–H and O–H groups in total. The van der Waals surface area contributed by atoms with Crippen molar-refractivity contribution in [3.05, 3.63) is 22.3 Å². The lowest BCUT2D eigenvalue weighted by molar-refractivity contribution is -0.125. The SMILES string of the molecule is C[C@@]12CCC(=O)N[C@@H]1CCC1=C2CC=C(Cl)C1. The number of halogens is 1. The zero-order valence-electron chi connectivity index (χ0n) is 10.2. The molecule has 1 amide bonds. The summed E-state index contributed by atoms with van der Waals surface area (Å²) in [7, 11) is 0. The Bertz CT molecular complexity index is 438. The molecule has 0 saturated carbocycles. The van der Waals surface area contributed by atoms with Crippen LogP contribution in [-0.2, 0) is 4.79 Å². The summed E-state index contributed by atoms with van der Waals surface area (Å²) in [5.74, 6) is 0.223. The van der Waals surface area contributed by atoms with Crippen LogP contribution in [0.15, 0.2) is 22.3 Å². The fraction of sp³-hybridized carbons (Fsp3) is 0.643. The number of carbonyl (C=O) groups is 1. The Labute approximate surface area is 107 Å². The Morgan fingerprint density at radius 2 is 2.29 bits per heavy atom. The van der Waals surface area contributed by atoms with E-state index in [1.165, 1.54) is 5.57 Å². The van der Waals surface area contributed by atoms with Gasteiger partial charge in [-0.05, 0) is 25.7 Å². The van der Waals surface area contributed by atoms with E-state index in [0.29, 0.717) is 12.5 Å². The van der Waals surface area contributed by atoms with Crippen LogP contribution in [0, 0.1) is 5.41 Å². The van der Waals surface area contributed by atoms with E-state index in [9.17, 15) is 4.79 Å². The maximum absolute atomic E-state index is 11.5. The molecule has 0 radical (unpaired) electrons. The van der Waals surface area contributed by atoms with Crippen LogP contribution in [-0.4, -0.2) is 11.9 Å². The minimum atomic E-state index is 0.176. The summed E-state index contributed by atoms with van der Waals surface area (Å²) in [4.78, 5) is 11.5. The molecule has 1 fully saturated rings. The summed E-state index contributed by atoms with van der Waals surface area (Å²) in [6.07, 6.45) is 7.90. The number of rotatable bonds is 0. The average Bonchev–Trinajstić information content (AvgIpc) is 2.30. The van der Waals surface area contributed by atoms with Gasteiger partial charge in [0.2, 0.25) is 5.91 Å². The molecule has 0 spiro atoms. The van der Waals surface area contributed by atoms with E-state index in [1.54, 1.807) is 5.57 Å². The third kappa shape index (κ3) is 1.74. The van der Waals surface area contributed by atoms with Crippen molar-refractivity contribution in [1.82, 2.24) is 5.32 Å². The molecule has 3 aliphatic rings. The maximum Gasteiger partial charge on any atom is 0.220 e. The summed E-state index contributed by atoms with van der Waals surface area (Å²) >= 11 is 6.14. The van der Waals surface area contributed by atoms with Gasteiger partial charge in [0.1, 0.15) is 0 Å². The summed E-state index contributed by atoms with van der Waals surface area (Å²) < 4.78 is 0. The molecule has 0 aromatic carbocycles. The van der Waals surface area contributed by atoms with E-state index in [0.717, 1.165) is 37.1 Å². The number of amides is 1. The standard InChI is InChI=1S/C14H18ClNO/c1-14-7-6-13(17)16-12(14)5-2-9-8-10(15)3-4-11(9)14/h3,12H,2,4-8H2,1H3,(H,16,17)/t12-,14+/m1/s1. The fourth-order valence-corrected chi connectivity index (χ4v) is 3.90.